The van der Waals surface area contributed by atoms with Crippen LogP contribution in [0.4, 0.5) is 0 Å². The van der Waals surface area contributed by atoms with Crippen LogP contribution in [-0.2, 0) is 17.6 Å². The molecule has 182 valence electrons. The summed E-state index contributed by atoms with van der Waals surface area (Å²) in [4.78, 5) is 29.7. The van der Waals surface area contributed by atoms with Gasteiger partial charge in [0.1, 0.15) is 5.75 Å². The second-order valence-corrected chi connectivity index (χ2v) is 9.17. The number of aromatic nitrogens is 2. The largest absolute Gasteiger partial charge is 0.497 e. The summed E-state index contributed by atoms with van der Waals surface area (Å²) in [5.74, 6) is 0.392. The van der Waals surface area contributed by atoms with E-state index in [0.29, 0.717) is 22.9 Å². The second kappa shape index (κ2) is 9.91. The molecule has 0 aliphatic carbocycles. The highest BCUT2D eigenvalue weighted by atomic mass is 35.5. The number of hydrogen-bond acceptors (Lipinski definition) is 3. The summed E-state index contributed by atoms with van der Waals surface area (Å²) in [6.45, 7) is 2.39. The monoisotopic (exact) mass is 499 g/mol. The third kappa shape index (κ3) is 4.48. The smallest absolute Gasteiger partial charge is 0.262 e. The molecule has 3 aromatic carbocycles. The van der Waals surface area contributed by atoms with Crippen LogP contribution in [0.2, 0.25) is 5.02 Å². The average Bonchev–Trinajstić information content (AvgIpc) is 3.42. The second-order valence-electron chi connectivity index (χ2n) is 8.73. The van der Waals surface area contributed by atoms with E-state index in [4.69, 9.17) is 16.3 Å². The molecule has 0 saturated carbocycles. The van der Waals surface area contributed by atoms with Gasteiger partial charge < -0.3 is 15.0 Å². The molecule has 1 amide bonds. The highest BCUT2D eigenvalue weighted by Gasteiger charge is 2.22. The Bertz CT molecular complexity index is 1580. The fourth-order valence-electron chi connectivity index (χ4n) is 4.69. The molecule has 0 atom stereocenters. The lowest BCUT2D eigenvalue weighted by molar-refractivity contribution is -0.120. The molecular formula is C29H26ClN3O3. The summed E-state index contributed by atoms with van der Waals surface area (Å²) < 4.78 is 7.08. The van der Waals surface area contributed by atoms with Crippen molar-refractivity contribution >= 4 is 45.2 Å². The molecule has 2 N–H and O–H groups in total. The van der Waals surface area contributed by atoms with Crippen LogP contribution in [-0.4, -0.2) is 35.0 Å². The quantitative estimate of drug-likeness (QED) is 0.302. The Kier molecular flexibility index (Phi) is 6.53. The van der Waals surface area contributed by atoms with Crippen LogP contribution in [0.25, 0.3) is 21.8 Å². The lowest BCUT2D eigenvalue weighted by atomic mass is 10.1. The molecule has 5 aromatic rings. The van der Waals surface area contributed by atoms with Gasteiger partial charge in [-0.05, 0) is 73.0 Å². The van der Waals surface area contributed by atoms with Gasteiger partial charge in [-0.25, -0.2) is 0 Å². The number of aromatic amines is 1. The first-order valence-corrected chi connectivity index (χ1v) is 12.1. The maximum absolute atomic E-state index is 13.4. The fraction of sp³-hybridized carbons (Fsp3) is 0.172. The van der Waals surface area contributed by atoms with E-state index < -0.39 is 0 Å². The van der Waals surface area contributed by atoms with Crippen molar-refractivity contribution < 1.29 is 14.3 Å². The van der Waals surface area contributed by atoms with Gasteiger partial charge in [-0.3, -0.25) is 14.2 Å². The zero-order valence-electron chi connectivity index (χ0n) is 20.1. The highest BCUT2D eigenvalue weighted by molar-refractivity contribution is 6.30. The maximum Gasteiger partial charge on any atom is 0.262 e. The first-order chi connectivity index (χ1) is 17.5. The summed E-state index contributed by atoms with van der Waals surface area (Å²) >= 11 is 6.01. The minimum absolute atomic E-state index is 0.0984. The number of carbonyl (C=O) groups excluding carboxylic acids is 2. The van der Waals surface area contributed by atoms with Crippen molar-refractivity contribution in [3.63, 3.8) is 0 Å². The van der Waals surface area contributed by atoms with Crippen molar-refractivity contribution in [2.24, 2.45) is 0 Å². The lowest BCUT2D eigenvalue weighted by Crippen LogP contribution is -2.27. The van der Waals surface area contributed by atoms with Gasteiger partial charge in [0, 0.05) is 45.3 Å². The predicted octanol–water partition coefficient (Wildman–Crippen LogP) is 5.68. The van der Waals surface area contributed by atoms with Crippen LogP contribution < -0.4 is 10.1 Å². The van der Waals surface area contributed by atoms with E-state index in [0.717, 1.165) is 39.7 Å². The van der Waals surface area contributed by atoms with Crippen molar-refractivity contribution in [2.45, 2.75) is 19.8 Å². The Morgan fingerprint density at radius 2 is 1.81 bits per heavy atom. The molecular weight excluding hydrogens is 474 g/mol. The number of para-hydroxylation sites is 1. The van der Waals surface area contributed by atoms with E-state index in [1.165, 1.54) is 5.39 Å². The van der Waals surface area contributed by atoms with Gasteiger partial charge in [0.15, 0.2) is 0 Å². The molecule has 0 saturated heterocycles. The first kappa shape index (κ1) is 23.7. The Balaban J connectivity index is 1.39. The number of benzene rings is 3. The van der Waals surface area contributed by atoms with Crippen LogP contribution in [0, 0.1) is 6.92 Å². The van der Waals surface area contributed by atoms with Crippen LogP contribution >= 0.6 is 11.6 Å². The van der Waals surface area contributed by atoms with E-state index in [2.05, 4.69) is 16.4 Å². The normalized spacial score (nSPS) is 11.2. The molecule has 0 radical (unpaired) electrons. The Morgan fingerprint density at radius 1 is 1.03 bits per heavy atom. The number of H-pyrrole nitrogens is 1. The highest BCUT2D eigenvalue weighted by Crippen LogP contribution is 2.31. The number of nitrogens with zero attached hydrogens (tertiary/aromatic N) is 1. The Labute approximate surface area is 213 Å². The van der Waals surface area contributed by atoms with Crippen molar-refractivity contribution in [3.8, 4) is 5.75 Å². The fourth-order valence-corrected chi connectivity index (χ4v) is 4.82. The molecule has 0 aliphatic heterocycles. The topological polar surface area (TPSA) is 76.1 Å². The zero-order chi connectivity index (χ0) is 25.2. The number of halogens is 1. The van der Waals surface area contributed by atoms with Crippen molar-refractivity contribution in [1.82, 2.24) is 14.9 Å². The molecule has 0 spiro atoms. The molecule has 6 nitrogen and oxygen atoms in total. The summed E-state index contributed by atoms with van der Waals surface area (Å²) in [7, 11) is 1.60. The lowest BCUT2D eigenvalue weighted by Gasteiger charge is -2.08. The van der Waals surface area contributed by atoms with E-state index in [1.54, 1.807) is 35.9 Å². The van der Waals surface area contributed by atoms with Gasteiger partial charge in [0.2, 0.25) is 5.91 Å². The molecule has 0 fully saturated rings. The van der Waals surface area contributed by atoms with E-state index >= 15 is 0 Å². The van der Waals surface area contributed by atoms with E-state index in [-0.39, 0.29) is 18.2 Å². The van der Waals surface area contributed by atoms with Gasteiger partial charge >= 0.3 is 0 Å². The Hall–Kier alpha value is -4.03. The number of hydrogen-bond donors (Lipinski definition) is 2. The number of amides is 1. The first-order valence-electron chi connectivity index (χ1n) is 11.8. The van der Waals surface area contributed by atoms with Gasteiger partial charge in [-0.1, -0.05) is 29.8 Å². The van der Waals surface area contributed by atoms with E-state index in [9.17, 15) is 9.59 Å². The molecule has 7 heteroatoms. The Morgan fingerprint density at radius 3 is 2.58 bits per heavy atom. The van der Waals surface area contributed by atoms with Crippen LogP contribution in [0.3, 0.4) is 0 Å². The number of carbonyl (C=O) groups is 2. The summed E-state index contributed by atoms with van der Waals surface area (Å²) in [6.07, 6.45) is 2.87. The number of methoxy groups -OCH3 is 1. The molecule has 2 aromatic heterocycles. The van der Waals surface area contributed by atoms with Crippen LogP contribution in [0.5, 0.6) is 5.75 Å². The van der Waals surface area contributed by atoms with Crippen LogP contribution in [0.1, 0.15) is 27.2 Å². The molecule has 36 heavy (non-hydrogen) atoms. The standard InChI is InChI=1S/C29H26ClN3O3/c1-18-24(16-28(34)31-14-13-20-17-32-26-6-4-3-5-23(20)26)25-15-22(36-2)11-12-27(25)33(18)29(35)19-7-9-21(30)10-8-19/h3-12,15,17,32H,13-14,16H2,1-2H3,(H,31,34). The number of rotatable bonds is 7. The molecule has 2 heterocycles. The summed E-state index contributed by atoms with van der Waals surface area (Å²) in [5.41, 5.74) is 5.03. The third-order valence-electron chi connectivity index (χ3n) is 6.56. The number of ether oxygens (including phenoxy) is 1. The minimum Gasteiger partial charge on any atom is -0.497 e. The molecule has 0 unspecified atom stereocenters. The number of nitrogens with one attached hydrogen (secondary N) is 2. The average molecular weight is 500 g/mol. The maximum atomic E-state index is 13.4. The summed E-state index contributed by atoms with van der Waals surface area (Å²) in [5, 5.41) is 5.59. The van der Waals surface area contributed by atoms with Gasteiger partial charge in [0.25, 0.3) is 5.91 Å². The zero-order valence-corrected chi connectivity index (χ0v) is 20.9. The van der Waals surface area contributed by atoms with E-state index in [1.807, 2.05) is 49.5 Å². The third-order valence-corrected chi connectivity index (χ3v) is 6.82. The SMILES string of the molecule is COc1ccc2c(c1)c(CC(=O)NCCc1c[nH]c3ccccc13)c(C)n2C(=O)c1ccc(Cl)cc1. The molecule has 5 rings (SSSR count). The predicted molar refractivity (Wildman–Crippen MR) is 143 cm³/mol. The number of fused-ring (bicyclic) bond motifs is 2. The van der Waals surface area contributed by atoms with Gasteiger partial charge in [-0.2, -0.15) is 0 Å². The van der Waals surface area contributed by atoms with Gasteiger partial charge in [0.05, 0.1) is 19.0 Å². The summed E-state index contributed by atoms with van der Waals surface area (Å²) in [6, 6.07) is 20.5. The minimum atomic E-state index is -0.176. The van der Waals surface area contributed by atoms with Crippen molar-refractivity contribution in [2.75, 3.05) is 13.7 Å². The van der Waals surface area contributed by atoms with Crippen molar-refractivity contribution in [3.05, 3.63) is 100 Å². The van der Waals surface area contributed by atoms with Gasteiger partial charge in [-0.15, -0.1) is 0 Å². The van der Waals surface area contributed by atoms with Crippen molar-refractivity contribution in [1.29, 1.82) is 0 Å². The molecule has 0 bridgehead atoms. The molecule has 0 aliphatic rings. The van der Waals surface area contributed by atoms with Crippen LogP contribution in [0.15, 0.2) is 72.9 Å².